The lowest BCUT2D eigenvalue weighted by molar-refractivity contribution is -0.116. The van der Waals surface area contributed by atoms with Crippen molar-refractivity contribution in [1.82, 2.24) is 38.2 Å². The number of para-hydroxylation sites is 11. The lowest BCUT2D eigenvalue weighted by atomic mass is 10.1. The average Bonchev–Trinajstić information content (AvgIpc) is 1.61. The van der Waals surface area contributed by atoms with E-state index in [9.17, 15) is 78.6 Å². The number of halogens is 11. The Labute approximate surface area is 798 Å². The number of furan rings is 3. The molecule has 0 saturated heterocycles. The molecule has 706 valence electrons. The van der Waals surface area contributed by atoms with Gasteiger partial charge in [0.2, 0.25) is 11.6 Å². The maximum atomic E-state index is 14.2. The number of benzene rings is 7. The highest BCUT2D eigenvalue weighted by atomic mass is 35.5. The number of carboxylic acids is 1. The highest BCUT2D eigenvalue weighted by molar-refractivity contribution is 7.59. The molecule has 0 aliphatic heterocycles. The van der Waals surface area contributed by atoms with Crippen molar-refractivity contribution in [2.24, 2.45) is 0 Å². The van der Waals surface area contributed by atoms with Crippen molar-refractivity contribution < 1.29 is 106 Å². The minimum Gasteiger partial charge on any atom is -0.478 e. The molecule has 0 amide bonds. The number of ether oxygens (including phenoxy) is 2. The van der Waals surface area contributed by atoms with Crippen molar-refractivity contribution in [3.63, 3.8) is 0 Å². The van der Waals surface area contributed by atoms with Gasteiger partial charge in [0.25, 0.3) is 5.24 Å². The Bertz CT molecular complexity index is 7080. The average molecular weight is 1990 g/mol. The van der Waals surface area contributed by atoms with Gasteiger partial charge in [-0.05, 0) is 166 Å². The fourth-order valence-corrected chi connectivity index (χ4v) is 15.8. The third-order valence-electron chi connectivity index (χ3n) is 18.2. The number of carboxylic acid groups (broad SMARTS) is 1. The molecular formula is C95H85Cl3F8N10O15S4. The molecule has 0 radical (unpaired) electrons. The fraction of sp³-hybridized carbons (Fsp3) is 0.232. The number of Topliss-reactive ketones (excluding diaryl/α,β-unsaturated/α-hetero) is 4. The first-order valence-corrected chi connectivity index (χ1v) is 44.1. The van der Waals surface area contributed by atoms with Gasteiger partial charge >= 0.3 is 44.1 Å². The number of aliphatic hydroxyl groups is 1. The van der Waals surface area contributed by atoms with E-state index in [1.54, 1.807) is 219 Å². The number of anilines is 1. The molecule has 40 heteroatoms. The molecule has 0 aliphatic carbocycles. The van der Waals surface area contributed by atoms with E-state index in [2.05, 4.69) is 19.9 Å². The van der Waals surface area contributed by atoms with Crippen molar-refractivity contribution in [2.45, 2.75) is 138 Å². The van der Waals surface area contributed by atoms with Crippen LogP contribution >= 0.6 is 82.3 Å². The summed E-state index contributed by atoms with van der Waals surface area (Å²) in [5, 5.41) is 33.0. The van der Waals surface area contributed by atoms with Gasteiger partial charge in [-0.15, -0.1) is 57.2 Å². The van der Waals surface area contributed by atoms with Crippen molar-refractivity contribution >= 4 is 211 Å². The number of imidazole rings is 4. The molecule has 10 aromatic heterocycles. The smallest absolute Gasteiger partial charge is 0.342 e. The van der Waals surface area contributed by atoms with Crippen LogP contribution in [-0.4, -0.2) is 117 Å². The summed E-state index contributed by atoms with van der Waals surface area (Å²) in [4.78, 5) is 113. The Hall–Kier alpha value is -13.2. The van der Waals surface area contributed by atoms with Crippen LogP contribution in [-0.2, 0) is 27.1 Å². The number of carbonyl (C=O) groups excluding carboxylic acids is 7. The number of rotatable bonds is 19. The van der Waals surface area contributed by atoms with Crippen molar-refractivity contribution in [3.8, 4) is 40.2 Å². The monoisotopic (exact) mass is 1990 g/mol. The van der Waals surface area contributed by atoms with Crippen LogP contribution in [0.3, 0.4) is 0 Å². The Morgan fingerprint density at radius 2 is 0.763 bits per heavy atom. The highest BCUT2D eigenvalue weighted by Crippen LogP contribution is 2.42. The molecule has 0 unspecified atom stereocenters. The molecule has 25 nitrogen and oxygen atoms in total. The van der Waals surface area contributed by atoms with Gasteiger partial charge in [-0.1, -0.05) is 103 Å². The van der Waals surface area contributed by atoms with Crippen LogP contribution in [0.2, 0.25) is 0 Å². The Morgan fingerprint density at radius 1 is 0.467 bits per heavy atom. The van der Waals surface area contributed by atoms with Crippen LogP contribution in [0, 0.1) is 11.3 Å². The van der Waals surface area contributed by atoms with E-state index in [0.29, 0.717) is 52.8 Å². The van der Waals surface area contributed by atoms with Crippen molar-refractivity contribution in [2.75, 3.05) is 11.1 Å². The quantitative estimate of drug-likeness (QED) is 0.0222. The van der Waals surface area contributed by atoms with Gasteiger partial charge in [0.15, 0.2) is 28.9 Å². The number of nitrogens with two attached hydrogens (primary N) is 1. The van der Waals surface area contributed by atoms with E-state index in [-0.39, 0.29) is 156 Å². The summed E-state index contributed by atoms with van der Waals surface area (Å²) < 4.78 is 139. The second-order valence-corrected chi connectivity index (χ2v) is 35.7. The number of aromatic nitrogens is 8. The molecule has 0 bridgehead atoms. The molecule has 7 aromatic carbocycles. The predicted molar refractivity (Wildman–Crippen MR) is 510 cm³/mol. The number of thiophene rings is 3. The number of nitrogen functional groups attached to an aromatic ring is 1. The Balaban J connectivity index is 0.000000189. The number of ketones is 4. The number of carbonyl (C=O) groups is 8. The van der Waals surface area contributed by atoms with Gasteiger partial charge in [0.1, 0.15) is 61.8 Å². The van der Waals surface area contributed by atoms with Crippen LogP contribution in [0.4, 0.5) is 40.1 Å². The zero-order chi connectivity index (χ0) is 98.1. The summed E-state index contributed by atoms with van der Waals surface area (Å²) in [5.74, 6) is -3.94. The van der Waals surface area contributed by atoms with Gasteiger partial charge in [-0.3, -0.25) is 42.2 Å². The standard InChI is InChI=1S/C27H22F2N2O4S.C23H14F2N2O4S.C17H17F2N3O2S.C10H8F2N2O.C9H5ClO2.C4H5NO.C4H10O.CH2Cl2.H2S/c1-27(2,3)35-25(33)23-16(24-30-17-9-5-6-10-18(17)31(24)26(28)29)14-36-22(23)13-19(32)21-12-15-8-4-7-11-20(15)34-21;24-23(25)27-15-7-3-2-6-14(15)26-21(27)13-11-32-19(20(13)22(29)30)10-16(28)18-9-12-5-1-4-8-17(12)31-18;1-17(2,3)24-15(23)12-9(8-25-13(12)20)14-21-10-6-4-5-7-11(10)22(14)16(18)19;1-6(15)9-13-7-4-2-3-5-8(7)14(9)10(11)12;10-9(11)8-5-6-3-1-2-4-7(6)12-8;1-4(6)2-3-5;1-4(2,3)5;2-1-3;/h4-12,14,26H,13H2,1-3H3;1-9,11,23H,10H2,(H,29,30);4-8,16H,20H2,1-3H3;2-5,10H,1H3;1-5H;2H2,1H3;5H,1-3H3;1H2;1H2. The largest absolute Gasteiger partial charge is 0.478 e. The number of fused-ring (bicyclic) bond motifs is 7. The number of alkyl halides is 10. The number of nitrogens with zero attached hydrogens (tertiary/aromatic N) is 9. The zero-order valence-corrected chi connectivity index (χ0v) is 79.2. The SMILES string of the molecule is CC(=O)CC#N.CC(=O)c1nc2ccccc2n1C(F)F.CC(C)(C)O.CC(C)(C)OC(=O)c1c(-c2nc3ccccc3n2C(F)F)csc1CC(=O)c1cc2ccccc2o1.CC(C)(C)OC(=O)c1c(-c2nc3ccccc3n2C(F)F)csc1N.ClCCl.O=C(Cc1scc(-c2nc3ccccc3n2C(F)F)c1C(=O)O)c1cc2ccccc2o1.O=C(Cl)c1cc2ccccc2o1.S. The minimum atomic E-state index is -2.92. The number of aromatic carboxylic acids is 1. The second-order valence-electron chi connectivity index (χ2n) is 31.7. The predicted octanol–water partition coefficient (Wildman–Crippen LogP) is 26.3. The van der Waals surface area contributed by atoms with E-state index < -0.39 is 77.7 Å². The lowest BCUT2D eigenvalue weighted by Gasteiger charge is -2.20. The second kappa shape index (κ2) is 46.2. The van der Waals surface area contributed by atoms with E-state index in [0.717, 1.165) is 59.3 Å². The summed E-state index contributed by atoms with van der Waals surface area (Å²) >= 11 is 18.0. The van der Waals surface area contributed by atoms with Crippen LogP contribution < -0.4 is 5.73 Å². The van der Waals surface area contributed by atoms with Crippen LogP contribution in [0.5, 0.6) is 0 Å². The molecule has 4 N–H and O–H groups in total. The van der Waals surface area contributed by atoms with Gasteiger partial charge in [0, 0.05) is 78.5 Å². The lowest BCUT2D eigenvalue weighted by Crippen LogP contribution is -2.25. The molecule has 0 atom stereocenters. The highest BCUT2D eigenvalue weighted by Gasteiger charge is 2.35. The molecule has 0 aliphatic rings. The van der Waals surface area contributed by atoms with Crippen LogP contribution in [0.15, 0.2) is 217 Å². The Morgan fingerprint density at radius 3 is 1.08 bits per heavy atom. The number of nitriles is 1. The summed E-state index contributed by atoms with van der Waals surface area (Å²) in [6.45, 7) is 6.78. The van der Waals surface area contributed by atoms with Crippen molar-refractivity contribution in [3.05, 3.63) is 254 Å². The Kier molecular flexibility index (Phi) is 36.1. The maximum Gasteiger partial charge on any atom is 0.342 e. The van der Waals surface area contributed by atoms with E-state index in [4.69, 9.17) is 73.6 Å². The van der Waals surface area contributed by atoms with Gasteiger partial charge < -0.3 is 38.7 Å². The van der Waals surface area contributed by atoms with E-state index in [1.165, 1.54) is 31.4 Å². The molecular weight excluding hydrogens is 1910 g/mol. The summed E-state index contributed by atoms with van der Waals surface area (Å²) in [6.07, 6.45) is -0.352. The molecule has 0 spiro atoms. The first-order chi connectivity index (χ1) is 63.3. The third kappa shape index (κ3) is 26.9. The molecule has 0 fully saturated rings. The van der Waals surface area contributed by atoms with Gasteiger partial charge in [0.05, 0.1) is 78.7 Å². The third-order valence-corrected chi connectivity index (χ3v) is 21.1. The van der Waals surface area contributed by atoms with E-state index in [1.807, 2.05) is 36.4 Å². The fourth-order valence-electron chi connectivity index (χ4n) is 12.9. The first kappa shape index (κ1) is 106. The first-order valence-electron chi connectivity index (χ1n) is 40.0. The number of hydrogen-bond donors (Lipinski definition) is 3. The summed E-state index contributed by atoms with van der Waals surface area (Å²) in [6, 6.07) is 54.2. The van der Waals surface area contributed by atoms with Gasteiger partial charge in [-0.2, -0.15) is 53.9 Å². The molecule has 0 saturated carbocycles. The molecule has 10 heterocycles. The maximum absolute atomic E-state index is 14.2. The minimum absolute atomic E-state index is 0. The normalized spacial score (nSPS) is 11.2. The number of esters is 2. The molecule has 17 aromatic rings. The summed E-state index contributed by atoms with van der Waals surface area (Å²) in [5.41, 5.74) is 8.55. The van der Waals surface area contributed by atoms with E-state index >= 15 is 0 Å². The summed E-state index contributed by atoms with van der Waals surface area (Å²) in [7, 11) is 0. The zero-order valence-electron chi connectivity index (χ0n) is 73.5. The van der Waals surface area contributed by atoms with Crippen LogP contribution in [0.1, 0.15) is 192 Å². The van der Waals surface area contributed by atoms with Crippen LogP contribution in [0.25, 0.3) is 111 Å². The number of hydrogen-bond acceptors (Lipinski definition) is 23. The molecule has 17 rings (SSSR count). The van der Waals surface area contributed by atoms with Gasteiger partial charge in [-0.25, -0.2) is 34.3 Å². The van der Waals surface area contributed by atoms with Crippen molar-refractivity contribution in [1.29, 1.82) is 5.26 Å². The topological polar surface area (TPSA) is 356 Å². The molecule has 135 heavy (non-hydrogen) atoms.